The molecule has 8 aliphatic carbocycles. The number of esters is 2. The minimum Gasteiger partial charge on any atom is -0.458 e. The van der Waals surface area contributed by atoms with Gasteiger partial charge in [0.15, 0.2) is 0 Å². The van der Waals surface area contributed by atoms with Crippen molar-refractivity contribution in [1.82, 2.24) is 0 Å². The van der Waals surface area contributed by atoms with Crippen molar-refractivity contribution in [2.75, 3.05) is 0 Å². The average Bonchev–Trinajstić information content (AvgIpc) is 4.09. The van der Waals surface area contributed by atoms with Crippen molar-refractivity contribution in [3.8, 4) is 0 Å². The average molecular weight is 1120 g/mol. The third-order valence-corrected chi connectivity index (χ3v) is 30.3. The molecule has 6 fully saturated rings. The molecule has 6 heteroatoms. The molecule has 0 aliphatic heterocycles. The van der Waals surface area contributed by atoms with Crippen LogP contribution in [0.15, 0.2) is 71.8 Å². The molecule has 0 radical (unpaired) electrons. The van der Waals surface area contributed by atoms with Crippen molar-refractivity contribution < 1.29 is 23.9 Å². The van der Waals surface area contributed by atoms with Crippen LogP contribution in [0.4, 0.5) is 0 Å². The summed E-state index contributed by atoms with van der Waals surface area (Å²) in [7, 11) is -2.44. The molecule has 17 atom stereocenters. The second kappa shape index (κ2) is 24.3. The van der Waals surface area contributed by atoms with Crippen LogP contribution in [0, 0.1) is 92.7 Å². The number of fused-ring (bicyclic) bond motifs is 10. The first-order valence-electron chi connectivity index (χ1n) is 34.0. The zero-order chi connectivity index (χ0) is 57.8. The highest BCUT2D eigenvalue weighted by atomic mass is 28.3. The van der Waals surface area contributed by atoms with E-state index in [1.165, 1.54) is 108 Å². The lowest BCUT2D eigenvalue weighted by molar-refractivity contribution is -0.117. The number of ketones is 1. The fraction of sp³-hybridized carbons (Fsp3) is 0.747. The fourth-order valence-electron chi connectivity index (χ4n) is 21.4. The number of benzene rings is 2. The van der Waals surface area contributed by atoms with Crippen LogP contribution in [0.3, 0.4) is 0 Å². The van der Waals surface area contributed by atoms with E-state index < -0.39 is 8.07 Å². The van der Waals surface area contributed by atoms with E-state index in [4.69, 9.17) is 9.47 Å². The zero-order valence-corrected chi connectivity index (χ0v) is 54.4. The van der Waals surface area contributed by atoms with E-state index in [2.05, 4.69) is 113 Å². The van der Waals surface area contributed by atoms with Gasteiger partial charge >= 0.3 is 11.9 Å². The van der Waals surface area contributed by atoms with Gasteiger partial charge in [-0.3, -0.25) is 0 Å². The number of carbonyl (C=O) groups excluding carboxylic acids is 3. The molecule has 0 bridgehead atoms. The molecule has 8 aliphatic rings. The predicted molar refractivity (Wildman–Crippen MR) is 337 cm³/mol. The summed E-state index contributed by atoms with van der Waals surface area (Å²) in [5.74, 6) is 9.34. The molecule has 10 rings (SSSR count). The molecule has 0 N–H and O–H groups in total. The Morgan fingerprint density at radius 1 is 0.556 bits per heavy atom. The Morgan fingerprint density at radius 3 is 1.52 bits per heavy atom. The van der Waals surface area contributed by atoms with Crippen molar-refractivity contribution in [3.05, 3.63) is 88.5 Å². The summed E-state index contributed by atoms with van der Waals surface area (Å²) in [6.07, 6.45) is 33.5. The van der Waals surface area contributed by atoms with Gasteiger partial charge in [0.25, 0.3) is 0 Å². The van der Waals surface area contributed by atoms with Crippen LogP contribution in [0.2, 0.25) is 13.1 Å². The van der Waals surface area contributed by atoms with E-state index >= 15 is 0 Å². The molecule has 0 amide bonds. The van der Waals surface area contributed by atoms with E-state index in [9.17, 15) is 14.4 Å². The largest absolute Gasteiger partial charge is 0.458 e. The van der Waals surface area contributed by atoms with Gasteiger partial charge in [-0.25, -0.2) is 9.59 Å². The third kappa shape index (κ3) is 11.8. The highest BCUT2D eigenvalue weighted by molar-refractivity contribution is 6.91. The first-order valence-corrected chi connectivity index (χ1v) is 37.1. The van der Waals surface area contributed by atoms with Crippen molar-refractivity contribution in [1.29, 1.82) is 0 Å². The van der Waals surface area contributed by atoms with Crippen LogP contribution in [-0.2, 0) is 14.3 Å². The molecule has 0 spiro atoms. The van der Waals surface area contributed by atoms with Crippen LogP contribution in [0.25, 0.3) is 0 Å². The second-order valence-electron chi connectivity index (χ2n) is 31.8. The van der Waals surface area contributed by atoms with Crippen LogP contribution < -0.4 is 5.19 Å². The Morgan fingerprint density at radius 2 is 1.04 bits per heavy atom. The highest BCUT2D eigenvalue weighted by Crippen LogP contribution is 2.69. The Labute approximate surface area is 494 Å². The van der Waals surface area contributed by atoms with Gasteiger partial charge in [0.1, 0.15) is 18.0 Å². The van der Waals surface area contributed by atoms with Crippen molar-refractivity contribution in [3.63, 3.8) is 0 Å². The maximum Gasteiger partial charge on any atom is 0.338 e. The SMILES string of the molecule is CC(=O)CCC(c1ccccc1C(=O)OC1CC[C@@]2(C)C(=CCC3C2CC[C@@]2(C)C3CC[C@@H]2[C@H](C)CCCC(C)C)C1)[Si](C)(C)c1ccc(C(=O)OC2CC[C@@]3(C)C(=CCC4C3CC[C@@]3(C)C4CC[C@@H]3[C@H](C)CCCC(C)C)C2)cc1. The van der Waals surface area contributed by atoms with E-state index in [-0.39, 0.29) is 46.3 Å². The van der Waals surface area contributed by atoms with Crippen molar-refractivity contribution >= 4 is 31.0 Å². The van der Waals surface area contributed by atoms with Gasteiger partial charge in [-0.1, -0.05) is 180 Å². The number of allylic oxidation sites excluding steroid dienone is 2. The quantitative estimate of drug-likeness (QED) is 0.0751. The van der Waals surface area contributed by atoms with Crippen molar-refractivity contribution in [2.45, 2.75) is 261 Å². The molecular formula is C75H112O5Si. The van der Waals surface area contributed by atoms with E-state index in [1.54, 1.807) is 18.1 Å². The van der Waals surface area contributed by atoms with Gasteiger partial charge in [-0.2, -0.15) is 0 Å². The van der Waals surface area contributed by atoms with Gasteiger partial charge in [0.2, 0.25) is 0 Å². The Bertz CT molecular complexity index is 2620. The lowest BCUT2D eigenvalue weighted by Crippen LogP contribution is -2.51. The number of carbonyl (C=O) groups is 3. The van der Waals surface area contributed by atoms with Crippen LogP contribution >= 0.6 is 0 Å². The normalized spacial score (nSPS) is 36.4. The molecule has 2 aromatic carbocycles. The molecule has 81 heavy (non-hydrogen) atoms. The fourth-order valence-corrected chi connectivity index (χ4v) is 24.7. The predicted octanol–water partition coefficient (Wildman–Crippen LogP) is 19.4. The molecule has 5 nitrogen and oxygen atoms in total. The lowest BCUT2D eigenvalue weighted by Gasteiger charge is -2.58. The third-order valence-electron chi connectivity index (χ3n) is 26.1. The first-order chi connectivity index (χ1) is 38.5. The summed E-state index contributed by atoms with van der Waals surface area (Å²) in [4.78, 5) is 41.5. The maximum atomic E-state index is 14.7. The molecule has 9 unspecified atom stereocenters. The first kappa shape index (κ1) is 60.9. The second-order valence-corrected chi connectivity index (χ2v) is 36.5. The Balaban J connectivity index is 0.769. The summed E-state index contributed by atoms with van der Waals surface area (Å²) >= 11 is 0. The molecule has 2 aromatic rings. The van der Waals surface area contributed by atoms with Gasteiger partial charge in [0.05, 0.1) is 19.2 Å². The monoisotopic (exact) mass is 1120 g/mol. The Kier molecular flexibility index (Phi) is 18.2. The zero-order valence-electron chi connectivity index (χ0n) is 53.4. The van der Waals surface area contributed by atoms with E-state index in [0.29, 0.717) is 34.8 Å². The van der Waals surface area contributed by atoms with Crippen LogP contribution in [0.5, 0.6) is 0 Å². The van der Waals surface area contributed by atoms with E-state index in [0.717, 1.165) is 115 Å². The van der Waals surface area contributed by atoms with Crippen LogP contribution in [-0.4, -0.2) is 38.0 Å². The summed E-state index contributed by atoms with van der Waals surface area (Å²) in [6.45, 7) is 31.6. The summed E-state index contributed by atoms with van der Waals surface area (Å²) < 4.78 is 13.1. The minimum atomic E-state index is -2.44. The topological polar surface area (TPSA) is 69.7 Å². The number of ether oxygens (including phenoxy) is 2. The summed E-state index contributed by atoms with van der Waals surface area (Å²) in [5.41, 5.74) is 6.65. The Hall–Kier alpha value is -3.25. The summed E-state index contributed by atoms with van der Waals surface area (Å²) in [6, 6.07) is 16.3. The maximum absolute atomic E-state index is 14.7. The molecule has 446 valence electrons. The minimum absolute atomic E-state index is 0.0122. The number of hydrogen-bond donors (Lipinski definition) is 0. The number of rotatable bonds is 20. The van der Waals surface area contributed by atoms with E-state index in [1.807, 2.05) is 30.3 Å². The summed E-state index contributed by atoms with van der Waals surface area (Å²) in [5, 5.41) is 1.20. The van der Waals surface area contributed by atoms with Crippen LogP contribution in [0.1, 0.15) is 262 Å². The lowest BCUT2D eigenvalue weighted by atomic mass is 9.47. The van der Waals surface area contributed by atoms with Gasteiger partial charge in [-0.15, -0.1) is 0 Å². The molecular weight excluding hydrogens is 1010 g/mol. The standard InChI is InChI=1S/C75H112O5Si/c1-48(2)18-16-20-50(5)63-33-35-65-61-31-27-54-46-56(38-42-72(54,8)67(61)40-44-74(63,65)10)79-70(77)53-25-29-58(30-26-53)81(12,13)69(37-24-52(7)76)59-22-14-15-23-60(59)71(78)80-57-39-43-73(9)55(47-57)28-32-62-66-36-34-64(51(6)21-17-19-49(3)4)75(66,11)45-41-68(62)73/h14-15,22-23,25-30,48-51,56-57,61-69H,16-21,24,31-47H2,1-13H3/t50-,51-,56?,57?,61?,62?,63-,64-,65?,66?,67?,68?,69?,72+,73+,74-,75-/m1/s1. The highest BCUT2D eigenvalue weighted by Gasteiger charge is 2.61. The molecule has 0 saturated heterocycles. The number of Topliss-reactive ketones (excluding diaryl/α,β-unsaturated/α-hetero) is 1. The molecule has 0 aromatic heterocycles. The van der Waals surface area contributed by atoms with Gasteiger partial charge in [0, 0.05) is 19.3 Å². The molecule has 0 heterocycles. The number of hydrogen-bond acceptors (Lipinski definition) is 5. The van der Waals surface area contributed by atoms with Gasteiger partial charge in [-0.05, 0) is 225 Å². The van der Waals surface area contributed by atoms with Gasteiger partial charge < -0.3 is 14.3 Å². The smallest absolute Gasteiger partial charge is 0.338 e. The van der Waals surface area contributed by atoms with Crippen molar-refractivity contribution in [2.24, 2.45) is 92.7 Å². The molecule has 6 saturated carbocycles.